The Morgan fingerprint density at radius 2 is 1.92 bits per heavy atom. The van der Waals surface area contributed by atoms with Crippen molar-refractivity contribution >= 4 is 28.4 Å². The number of nitrogens with one attached hydrogen (secondary N) is 1. The quantitative estimate of drug-likeness (QED) is 0.538. The molecule has 1 aliphatic carbocycles. The summed E-state index contributed by atoms with van der Waals surface area (Å²) in [4.78, 5) is 41.5. The molecule has 8 nitrogen and oxygen atoms in total. The molecule has 1 N–H and O–H groups in total. The van der Waals surface area contributed by atoms with E-state index in [9.17, 15) is 14.4 Å². The van der Waals surface area contributed by atoms with Gasteiger partial charge in [0, 0.05) is 36.7 Å². The first kappa shape index (κ1) is 27.8. The molecule has 0 spiro atoms. The lowest BCUT2D eigenvalue weighted by atomic mass is 9.96. The first-order valence-corrected chi connectivity index (χ1v) is 15.0. The van der Waals surface area contributed by atoms with Gasteiger partial charge in [-0.05, 0) is 62.3 Å². The van der Waals surface area contributed by atoms with Crippen LogP contribution in [0.5, 0.6) is 5.75 Å². The molecule has 0 unspecified atom stereocenters. The summed E-state index contributed by atoms with van der Waals surface area (Å²) >= 11 is 0. The van der Waals surface area contributed by atoms with E-state index in [1.807, 2.05) is 17.9 Å². The number of hydrogen-bond acceptors (Lipinski definition) is 6. The maximum absolute atomic E-state index is 13.9. The molecule has 2 aliphatic heterocycles. The molecule has 1 amide bonds. The summed E-state index contributed by atoms with van der Waals surface area (Å²) in [6.45, 7) is 10.1. The van der Waals surface area contributed by atoms with Crippen molar-refractivity contribution in [3.63, 3.8) is 0 Å². The van der Waals surface area contributed by atoms with Gasteiger partial charge in [-0.1, -0.05) is 40.0 Å². The van der Waals surface area contributed by atoms with E-state index in [4.69, 9.17) is 9.84 Å². The summed E-state index contributed by atoms with van der Waals surface area (Å²) in [5.41, 5.74) is 2.28. The Labute approximate surface area is 231 Å². The van der Waals surface area contributed by atoms with Crippen molar-refractivity contribution in [3.05, 3.63) is 23.4 Å². The van der Waals surface area contributed by atoms with Gasteiger partial charge < -0.3 is 15.0 Å². The molecule has 1 saturated carbocycles. The van der Waals surface area contributed by atoms with Crippen LogP contribution in [0, 0.1) is 11.3 Å². The third-order valence-electron chi connectivity index (χ3n) is 8.80. The van der Waals surface area contributed by atoms with E-state index in [2.05, 4.69) is 25.2 Å². The lowest BCUT2D eigenvalue weighted by Crippen LogP contribution is -2.44. The Balaban J connectivity index is 1.55. The Hall–Kier alpha value is -2.74. The number of Topliss-reactive ketones (excluding diaryl/α,β-unsaturated/α-hetero) is 2. The number of ether oxygens (including phenoxy) is 1. The monoisotopic (exact) mass is 536 g/mol. The zero-order valence-electron chi connectivity index (χ0n) is 24.1. The Kier molecular flexibility index (Phi) is 8.13. The van der Waals surface area contributed by atoms with Gasteiger partial charge in [0.1, 0.15) is 18.0 Å². The van der Waals surface area contributed by atoms with Crippen LogP contribution in [-0.4, -0.2) is 63.9 Å². The fourth-order valence-electron chi connectivity index (χ4n) is 6.68. The van der Waals surface area contributed by atoms with E-state index in [1.165, 1.54) is 19.8 Å². The van der Waals surface area contributed by atoms with Crippen LogP contribution >= 0.6 is 0 Å². The number of benzene rings is 1. The Morgan fingerprint density at radius 3 is 2.67 bits per heavy atom. The number of amides is 1. The molecule has 3 aliphatic rings. The number of nitrogens with zero attached hydrogens (tertiary/aromatic N) is 3. The molecular formula is C31H44N4O4. The predicted octanol–water partition coefficient (Wildman–Crippen LogP) is 4.71. The number of piperidine rings is 1. The lowest BCUT2D eigenvalue weighted by molar-refractivity contribution is -0.139. The van der Waals surface area contributed by atoms with Crippen LogP contribution in [0.15, 0.2) is 12.1 Å². The first-order valence-electron chi connectivity index (χ1n) is 15.0. The molecule has 2 fully saturated rings. The molecule has 1 aromatic heterocycles. The highest BCUT2D eigenvalue weighted by molar-refractivity contribution is 6.06. The Morgan fingerprint density at radius 1 is 1.15 bits per heavy atom. The molecule has 1 saturated heterocycles. The number of aryl methyl sites for hydroxylation is 1. The zero-order chi connectivity index (χ0) is 27.7. The molecule has 5 rings (SSSR count). The number of ketones is 2. The average Bonchev–Trinajstić information content (AvgIpc) is 3.31. The van der Waals surface area contributed by atoms with Crippen molar-refractivity contribution in [2.45, 2.75) is 104 Å². The largest absolute Gasteiger partial charge is 0.493 e. The van der Waals surface area contributed by atoms with Crippen molar-refractivity contribution in [2.75, 3.05) is 19.7 Å². The summed E-state index contributed by atoms with van der Waals surface area (Å²) in [7, 11) is 0. The fraction of sp³-hybridized carbons (Fsp3) is 0.677. The van der Waals surface area contributed by atoms with Gasteiger partial charge >= 0.3 is 0 Å². The molecule has 3 atom stereocenters. The van der Waals surface area contributed by atoms with Crippen LogP contribution in [0.2, 0.25) is 0 Å². The van der Waals surface area contributed by atoms with Gasteiger partial charge in [-0.3, -0.25) is 19.1 Å². The van der Waals surface area contributed by atoms with E-state index in [0.717, 1.165) is 73.8 Å². The number of carbonyl (C=O) groups is 3. The zero-order valence-corrected chi connectivity index (χ0v) is 24.1. The highest BCUT2D eigenvalue weighted by atomic mass is 16.5. The Bertz CT molecular complexity index is 1250. The number of aromatic nitrogens is 2. The van der Waals surface area contributed by atoms with Gasteiger partial charge in [-0.15, -0.1) is 0 Å². The van der Waals surface area contributed by atoms with E-state index >= 15 is 0 Å². The minimum absolute atomic E-state index is 0.00363. The number of hydrogen-bond donors (Lipinski definition) is 1. The van der Waals surface area contributed by atoms with Crippen LogP contribution in [0.4, 0.5) is 0 Å². The van der Waals surface area contributed by atoms with Crippen LogP contribution in [0.25, 0.3) is 10.9 Å². The van der Waals surface area contributed by atoms with Gasteiger partial charge in [0.25, 0.3) is 0 Å². The van der Waals surface area contributed by atoms with Gasteiger partial charge in [0.05, 0.1) is 18.2 Å². The van der Waals surface area contributed by atoms with E-state index in [-0.39, 0.29) is 41.5 Å². The summed E-state index contributed by atoms with van der Waals surface area (Å²) < 4.78 is 7.83. The molecule has 2 bridgehead atoms. The molecule has 3 heterocycles. The summed E-state index contributed by atoms with van der Waals surface area (Å²) in [6, 6.07) is 3.70. The first-order chi connectivity index (χ1) is 18.7. The maximum atomic E-state index is 13.9. The second-order valence-electron chi connectivity index (χ2n) is 12.4. The highest BCUT2D eigenvalue weighted by Crippen LogP contribution is 2.59. The van der Waals surface area contributed by atoms with Crippen LogP contribution < -0.4 is 10.1 Å². The average molecular weight is 537 g/mol. The smallest absolute Gasteiger partial charge is 0.245 e. The van der Waals surface area contributed by atoms with E-state index in [1.54, 1.807) is 4.68 Å². The van der Waals surface area contributed by atoms with E-state index < -0.39 is 0 Å². The molecule has 1 aromatic carbocycles. The van der Waals surface area contributed by atoms with Gasteiger partial charge in [0.15, 0.2) is 11.6 Å². The van der Waals surface area contributed by atoms with Crippen LogP contribution in [0.3, 0.4) is 0 Å². The second-order valence-corrected chi connectivity index (χ2v) is 12.4. The summed E-state index contributed by atoms with van der Waals surface area (Å²) in [5.74, 6) is 1.04. The van der Waals surface area contributed by atoms with Crippen LogP contribution in [0.1, 0.15) is 95.1 Å². The minimum Gasteiger partial charge on any atom is -0.493 e. The van der Waals surface area contributed by atoms with E-state index in [0.29, 0.717) is 24.6 Å². The fourth-order valence-corrected chi connectivity index (χ4v) is 6.68. The third-order valence-corrected chi connectivity index (χ3v) is 8.80. The predicted molar refractivity (Wildman–Crippen MR) is 151 cm³/mol. The third kappa shape index (κ3) is 5.63. The molecule has 8 heteroatoms. The van der Waals surface area contributed by atoms with Gasteiger partial charge in [0.2, 0.25) is 5.91 Å². The SMILES string of the molecule is CCC(=O)[C@@H]1C[C@]23CNCCCCCCCc4cc(OCC(C)C)cc5c(C(C)=O)nn(c45)CC(=O)N1[C@@H]2C3. The lowest BCUT2D eigenvalue weighted by Gasteiger charge is -2.26. The van der Waals surface area contributed by atoms with Crippen molar-refractivity contribution in [1.82, 2.24) is 20.0 Å². The molecule has 0 radical (unpaired) electrons. The second kappa shape index (κ2) is 11.4. The van der Waals surface area contributed by atoms with Crippen LogP contribution in [-0.2, 0) is 22.6 Å². The molecule has 39 heavy (non-hydrogen) atoms. The minimum atomic E-state index is -0.369. The van der Waals surface area contributed by atoms with Crippen molar-refractivity contribution in [1.29, 1.82) is 0 Å². The van der Waals surface area contributed by atoms with Gasteiger partial charge in [-0.2, -0.15) is 5.10 Å². The standard InChI is InChI=1S/C31H44N4O4/c1-5-26(37)25-15-31-16-27(31)35(25)28(38)17-34-30-22(11-9-7-6-8-10-12-32-19-31)13-23(39-18-20(2)3)14-24(30)29(33-34)21(4)36/h13-14,20,25,27,32H,5-12,15-19H2,1-4H3/t25-,27+,31-/m0/s1. The van der Waals surface area contributed by atoms with Crippen molar-refractivity contribution in [3.8, 4) is 5.75 Å². The highest BCUT2D eigenvalue weighted by Gasteiger charge is 2.66. The molecular weight excluding hydrogens is 492 g/mol. The topological polar surface area (TPSA) is 93.5 Å². The summed E-state index contributed by atoms with van der Waals surface area (Å²) in [5, 5.41) is 9.08. The molecule has 212 valence electrons. The number of rotatable bonds is 6. The van der Waals surface area contributed by atoms with Crippen molar-refractivity contribution < 1.29 is 19.1 Å². The number of carbonyl (C=O) groups excluding carboxylic acids is 3. The normalized spacial score (nSPS) is 26.0. The molecule has 2 aromatic rings. The van der Waals surface area contributed by atoms with Gasteiger partial charge in [-0.25, -0.2) is 0 Å². The summed E-state index contributed by atoms with van der Waals surface area (Å²) in [6.07, 6.45) is 8.59. The van der Waals surface area contributed by atoms with Crippen molar-refractivity contribution in [2.24, 2.45) is 11.3 Å². The maximum Gasteiger partial charge on any atom is 0.245 e.